The Bertz CT molecular complexity index is 1270. The first kappa shape index (κ1) is 24.6. The Hall–Kier alpha value is -3.53. The quantitative estimate of drug-likeness (QED) is 0.337. The van der Waals surface area contributed by atoms with Crippen molar-refractivity contribution in [1.82, 2.24) is 15.6 Å². The molecule has 182 valence electrons. The molecule has 10 heteroatoms. The zero-order chi connectivity index (χ0) is 25.1. The Morgan fingerprint density at radius 1 is 1.26 bits per heavy atom. The van der Waals surface area contributed by atoms with Gasteiger partial charge in [0, 0.05) is 23.3 Å². The van der Waals surface area contributed by atoms with Crippen LogP contribution in [0.3, 0.4) is 0 Å². The third-order valence-corrected chi connectivity index (χ3v) is 6.34. The molecule has 1 aromatic heterocycles. The van der Waals surface area contributed by atoms with Gasteiger partial charge in [-0.1, -0.05) is 29.8 Å². The summed E-state index contributed by atoms with van der Waals surface area (Å²) in [5, 5.41) is 24.9. The lowest BCUT2D eigenvalue weighted by Gasteiger charge is -2.18. The Kier molecular flexibility index (Phi) is 7.30. The predicted octanol–water partition coefficient (Wildman–Crippen LogP) is 3.12. The van der Waals surface area contributed by atoms with Crippen molar-refractivity contribution in [3.8, 4) is 11.1 Å². The Labute approximate surface area is 205 Å². The number of nitrogen functional groups attached to an aromatic ring is 1. The van der Waals surface area contributed by atoms with Crippen LogP contribution in [-0.2, 0) is 4.79 Å². The van der Waals surface area contributed by atoms with Crippen molar-refractivity contribution in [3.05, 3.63) is 82.3 Å². The number of aliphatic carboxylic acids is 1. The third kappa shape index (κ3) is 5.43. The summed E-state index contributed by atoms with van der Waals surface area (Å²) in [6.45, 7) is 0.0909. The third-order valence-electron chi connectivity index (χ3n) is 6.10. The van der Waals surface area contributed by atoms with Crippen LogP contribution in [0.2, 0.25) is 5.02 Å². The molecule has 1 aliphatic heterocycles. The summed E-state index contributed by atoms with van der Waals surface area (Å²) in [5.41, 5.74) is 8.15. The maximum atomic E-state index is 15.0. The lowest BCUT2D eigenvalue weighted by atomic mass is 9.94. The number of hydrogen-bond acceptors (Lipinski definition) is 6. The summed E-state index contributed by atoms with van der Waals surface area (Å²) >= 11 is 5.99. The van der Waals surface area contributed by atoms with Crippen LogP contribution in [0.15, 0.2) is 54.7 Å². The molecule has 3 aromatic rings. The molecule has 8 nitrogen and oxygen atoms in total. The van der Waals surface area contributed by atoms with E-state index in [-0.39, 0.29) is 23.9 Å². The van der Waals surface area contributed by atoms with E-state index in [2.05, 4.69) is 15.6 Å². The minimum Gasteiger partial charge on any atom is -0.480 e. The standard InChI is InChI=1S/C25H24ClFN4O4/c26-17-3-1-2-14(6-17)22(12-32)31-24(33)18-5-4-13(8-20(18)27)19-7-15(11-30-23(19)28)16-9-21(25(34)35)29-10-16/h1-8,11,16,21-22,29,32H,9-10,12H2,(H2,28,30)(H,31,33)(H,34,35)/t16-,21-,22+/m0/s1. The molecule has 0 unspecified atom stereocenters. The number of nitrogens with two attached hydrogens (primary N) is 1. The van der Waals surface area contributed by atoms with Crippen LogP contribution in [0.4, 0.5) is 10.2 Å². The summed E-state index contributed by atoms with van der Waals surface area (Å²) in [4.78, 5) is 28.2. The molecule has 1 fully saturated rings. The fourth-order valence-electron chi connectivity index (χ4n) is 4.18. The van der Waals surface area contributed by atoms with Crippen molar-refractivity contribution < 1.29 is 24.2 Å². The van der Waals surface area contributed by atoms with Crippen molar-refractivity contribution in [2.24, 2.45) is 0 Å². The number of hydrogen-bond donors (Lipinski definition) is 5. The predicted molar refractivity (Wildman–Crippen MR) is 130 cm³/mol. The number of carbonyl (C=O) groups excluding carboxylic acids is 1. The Balaban J connectivity index is 1.55. The monoisotopic (exact) mass is 498 g/mol. The second-order valence-corrected chi connectivity index (χ2v) is 8.83. The van der Waals surface area contributed by atoms with E-state index in [0.717, 1.165) is 5.56 Å². The molecule has 0 bridgehead atoms. The lowest BCUT2D eigenvalue weighted by molar-refractivity contribution is -0.139. The van der Waals surface area contributed by atoms with E-state index in [1.54, 1.807) is 42.6 Å². The van der Waals surface area contributed by atoms with E-state index < -0.39 is 29.8 Å². The van der Waals surface area contributed by atoms with Gasteiger partial charge in [-0.3, -0.25) is 9.59 Å². The maximum Gasteiger partial charge on any atom is 0.320 e. The molecule has 0 aliphatic carbocycles. The molecule has 0 spiro atoms. The number of benzene rings is 2. The van der Waals surface area contributed by atoms with E-state index in [1.807, 2.05) is 0 Å². The molecule has 0 radical (unpaired) electrons. The minimum atomic E-state index is -0.911. The van der Waals surface area contributed by atoms with E-state index in [0.29, 0.717) is 34.7 Å². The molecular formula is C25H24ClFN4O4. The first-order valence-electron chi connectivity index (χ1n) is 11.0. The van der Waals surface area contributed by atoms with Crippen LogP contribution < -0.4 is 16.4 Å². The van der Waals surface area contributed by atoms with Crippen LogP contribution in [0.1, 0.15) is 39.9 Å². The van der Waals surface area contributed by atoms with Crippen LogP contribution >= 0.6 is 11.6 Å². The van der Waals surface area contributed by atoms with Crippen molar-refractivity contribution in [2.45, 2.75) is 24.4 Å². The number of nitrogens with zero attached hydrogens (tertiary/aromatic N) is 1. The number of amides is 1. The number of carboxylic acid groups (broad SMARTS) is 1. The lowest BCUT2D eigenvalue weighted by Crippen LogP contribution is -2.31. The molecule has 0 saturated carbocycles. The number of pyridine rings is 1. The fourth-order valence-corrected chi connectivity index (χ4v) is 4.38. The van der Waals surface area contributed by atoms with Crippen LogP contribution in [0.5, 0.6) is 0 Å². The van der Waals surface area contributed by atoms with Gasteiger partial charge in [0.05, 0.1) is 18.2 Å². The first-order valence-corrected chi connectivity index (χ1v) is 11.3. The number of rotatable bonds is 7. The van der Waals surface area contributed by atoms with Crippen molar-refractivity contribution in [3.63, 3.8) is 0 Å². The number of carboxylic acids is 1. The number of halogens is 2. The highest BCUT2D eigenvalue weighted by molar-refractivity contribution is 6.30. The van der Waals surface area contributed by atoms with Crippen LogP contribution in [0.25, 0.3) is 11.1 Å². The van der Waals surface area contributed by atoms with Gasteiger partial charge in [-0.2, -0.15) is 0 Å². The summed E-state index contributed by atoms with van der Waals surface area (Å²) in [6, 6.07) is 11.2. The van der Waals surface area contributed by atoms with Gasteiger partial charge in [-0.05, 0) is 59.4 Å². The summed E-state index contributed by atoms with van der Waals surface area (Å²) in [7, 11) is 0. The second-order valence-electron chi connectivity index (χ2n) is 8.39. The highest BCUT2D eigenvalue weighted by Gasteiger charge is 2.30. The first-order chi connectivity index (χ1) is 16.8. The summed E-state index contributed by atoms with van der Waals surface area (Å²) in [6.07, 6.45) is 2.00. The van der Waals surface area contributed by atoms with Gasteiger partial charge in [0.25, 0.3) is 5.91 Å². The van der Waals surface area contributed by atoms with Gasteiger partial charge in [-0.25, -0.2) is 9.37 Å². The van der Waals surface area contributed by atoms with Crippen molar-refractivity contribution in [1.29, 1.82) is 0 Å². The average molecular weight is 499 g/mol. The molecule has 4 rings (SSSR count). The van der Waals surface area contributed by atoms with E-state index in [1.165, 1.54) is 12.1 Å². The van der Waals surface area contributed by atoms with Gasteiger partial charge in [0.15, 0.2) is 0 Å². The number of carbonyl (C=O) groups is 2. The zero-order valence-electron chi connectivity index (χ0n) is 18.5. The smallest absolute Gasteiger partial charge is 0.320 e. The Morgan fingerprint density at radius 2 is 2.06 bits per heavy atom. The number of aliphatic hydroxyl groups is 1. The van der Waals surface area contributed by atoms with Crippen LogP contribution in [0, 0.1) is 5.82 Å². The number of anilines is 1. The largest absolute Gasteiger partial charge is 0.480 e. The molecule has 2 aromatic carbocycles. The minimum absolute atomic E-state index is 0.0697. The van der Waals surface area contributed by atoms with Crippen LogP contribution in [-0.4, -0.2) is 46.3 Å². The molecule has 1 saturated heterocycles. The molecule has 1 amide bonds. The normalized spacial score (nSPS) is 18.3. The van der Waals surface area contributed by atoms with Crippen molar-refractivity contribution in [2.75, 3.05) is 18.9 Å². The number of aliphatic hydroxyl groups excluding tert-OH is 1. The Morgan fingerprint density at radius 3 is 2.71 bits per heavy atom. The number of aromatic nitrogens is 1. The summed E-state index contributed by atoms with van der Waals surface area (Å²) in [5.74, 6) is -2.25. The number of nitrogens with one attached hydrogen (secondary N) is 2. The van der Waals surface area contributed by atoms with E-state index in [9.17, 15) is 24.2 Å². The molecule has 6 N–H and O–H groups in total. The fraction of sp³-hybridized carbons (Fsp3) is 0.240. The SMILES string of the molecule is Nc1ncc([C@@H]2CN[C@H](C(=O)O)C2)cc1-c1ccc(C(=O)N[C@H](CO)c2cccc(Cl)c2)c(F)c1. The molecule has 3 atom stereocenters. The van der Waals surface area contributed by atoms with Gasteiger partial charge in [0.2, 0.25) is 0 Å². The van der Waals surface area contributed by atoms with Gasteiger partial charge in [-0.15, -0.1) is 0 Å². The maximum absolute atomic E-state index is 15.0. The molecule has 2 heterocycles. The van der Waals surface area contributed by atoms with Gasteiger partial charge in [0.1, 0.15) is 17.7 Å². The topological polar surface area (TPSA) is 138 Å². The van der Waals surface area contributed by atoms with E-state index >= 15 is 0 Å². The molecule has 1 aliphatic rings. The highest BCUT2D eigenvalue weighted by atomic mass is 35.5. The second kappa shape index (κ2) is 10.4. The summed E-state index contributed by atoms with van der Waals surface area (Å²) < 4.78 is 15.0. The van der Waals surface area contributed by atoms with Gasteiger partial charge < -0.3 is 26.6 Å². The average Bonchev–Trinajstić information content (AvgIpc) is 3.33. The zero-order valence-corrected chi connectivity index (χ0v) is 19.3. The highest BCUT2D eigenvalue weighted by Crippen LogP contribution is 2.32. The molecular weight excluding hydrogens is 475 g/mol. The molecule has 35 heavy (non-hydrogen) atoms. The van der Waals surface area contributed by atoms with Crippen molar-refractivity contribution >= 4 is 29.3 Å². The van der Waals surface area contributed by atoms with E-state index in [4.69, 9.17) is 17.3 Å². The van der Waals surface area contributed by atoms with Gasteiger partial charge >= 0.3 is 5.97 Å².